The highest BCUT2D eigenvalue weighted by atomic mass is 15.1. The van der Waals surface area contributed by atoms with Gasteiger partial charge in [0.2, 0.25) is 0 Å². The first-order valence-corrected chi connectivity index (χ1v) is 5.09. The SMILES string of the molecule is c1cc(NCC2CC2)c2[nH]ncc2c1. The molecule has 0 unspecified atom stereocenters. The Labute approximate surface area is 82.5 Å². The zero-order valence-corrected chi connectivity index (χ0v) is 7.96. The number of para-hydroxylation sites is 1. The van der Waals surface area contributed by atoms with Gasteiger partial charge in [0.1, 0.15) is 0 Å². The smallest absolute Gasteiger partial charge is 0.0881 e. The van der Waals surface area contributed by atoms with Crippen molar-refractivity contribution in [1.82, 2.24) is 10.2 Å². The van der Waals surface area contributed by atoms with Crippen molar-refractivity contribution >= 4 is 16.6 Å². The maximum Gasteiger partial charge on any atom is 0.0881 e. The van der Waals surface area contributed by atoms with Crippen LogP contribution in [0.1, 0.15) is 12.8 Å². The van der Waals surface area contributed by atoms with Crippen molar-refractivity contribution in [1.29, 1.82) is 0 Å². The molecule has 1 aromatic carbocycles. The number of nitrogens with zero attached hydrogens (tertiary/aromatic N) is 1. The van der Waals surface area contributed by atoms with E-state index < -0.39 is 0 Å². The number of fused-ring (bicyclic) bond motifs is 1. The second-order valence-corrected chi connectivity index (χ2v) is 3.96. The average molecular weight is 187 g/mol. The Morgan fingerprint density at radius 3 is 3.21 bits per heavy atom. The van der Waals surface area contributed by atoms with Gasteiger partial charge < -0.3 is 5.32 Å². The summed E-state index contributed by atoms with van der Waals surface area (Å²) in [6.07, 6.45) is 4.62. The molecule has 0 aliphatic heterocycles. The Morgan fingerprint density at radius 2 is 2.36 bits per heavy atom. The van der Waals surface area contributed by atoms with Crippen LogP contribution in [0.4, 0.5) is 5.69 Å². The van der Waals surface area contributed by atoms with Gasteiger partial charge in [0, 0.05) is 11.9 Å². The molecule has 0 atom stereocenters. The molecule has 2 aromatic rings. The summed E-state index contributed by atoms with van der Waals surface area (Å²) in [6, 6.07) is 6.23. The third-order valence-corrected chi connectivity index (χ3v) is 2.75. The lowest BCUT2D eigenvalue weighted by Gasteiger charge is -2.05. The van der Waals surface area contributed by atoms with E-state index in [1.54, 1.807) is 0 Å². The molecular formula is C11H13N3. The molecule has 1 aliphatic carbocycles. The van der Waals surface area contributed by atoms with Gasteiger partial charge in [-0.25, -0.2) is 0 Å². The van der Waals surface area contributed by atoms with Crippen LogP contribution in [0, 0.1) is 5.92 Å². The minimum absolute atomic E-state index is 0.896. The Hall–Kier alpha value is -1.51. The molecule has 72 valence electrons. The summed E-state index contributed by atoms with van der Waals surface area (Å²) in [6.45, 7) is 1.10. The maximum atomic E-state index is 4.04. The highest BCUT2D eigenvalue weighted by Gasteiger charge is 2.20. The first kappa shape index (κ1) is 7.85. The topological polar surface area (TPSA) is 40.7 Å². The third-order valence-electron chi connectivity index (χ3n) is 2.75. The van der Waals surface area contributed by atoms with Gasteiger partial charge in [-0.3, -0.25) is 5.10 Å². The van der Waals surface area contributed by atoms with E-state index in [9.17, 15) is 0 Å². The molecule has 1 aliphatic rings. The monoisotopic (exact) mass is 187 g/mol. The summed E-state index contributed by atoms with van der Waals surface area (Å²) >= 11 is 0. The fraction of sp³-hybridized carbons (Fsp3) is 0.364. The number of H-pyrrole nitrogens is 1. The Morgan fingerprint density at radius 1 is 1.43 bits per heavy atom. The van der Waals surface area contributed by atoms with Crippen molar-refractivity contribution < 1.29 is 0 Å². The highest BCUT2D eigenvalue weighted by molar-refractivity contribution is 5.89. The first-order valence-electron chi connectivity index (χ1n) is 5.09. The largest absolute Gasteiger partial charge is 0.383 e. The maximum absolute atomic E-state index is 4.04. The first-order chi connectivity index (χ1) is 6.93. The molecule has 0 amide bonds. The summed E-state index contributed by atoms with van der Waals surface area (Å²) < 4.78 is 0. The van der Waals surface area contributed by atoms with Crippen LogP contribution in [0.5, 0.6) is 0 Å². The summed E-state index contributed by atoms with van der Waals surface area (Å²) in [7, 11) is 0. The van der Waals surface area contributed by atoms with Crippen LogP contribution in [-0.4, -0.2) is 16.7 Å². The third kappa shape index (κ3) is 1.35. The molecule has 0 radical (unpaired) electrons. The van der Waals surface area contributed by atoms with E-state index in [0.717, 1.165) is 18.0 Å². The van der Waals surface area contributed by atoms with Crippen LogP contribution in [-0.2, 0) is 0 Å². The fourth-order valence-electron chi connectivity index (χ4n) is 1.69. The Bertz CT molecular complexity index is 442. The molecule has 1 aromatic heterocycles. The van der Waals surface area contributed by atoms with E-state index in [2.05, 4.69) is 33.7 Å². The second kappa shape index (κ2) is 3.01. The van der Waals surface area contributed by atoms with Crippen LogP contribution < -0.4 is 5.32 Å². The van der Waals surface area contributed by atoms with E-state index in [1.165, 1.54) is 23.9 Å². The number of hydrogen-bond acceptors (Lipinski definition) is 2. The zero-order chi connectivity index (χ0) is 9.38. The molecule has 0 bridgehead atoms. The van der Waals surface area contributed by atoms with Gasteiger partial charge in [-0.15, -0.1) is 0 Å². The van der Waals surface area contributed by atoms with Crippen molar-refractivity contribution in [2.24, 2.45) is 5.92 Å². The summed E-state index contributed by atoms with van der Waals surface area (Å²) in [4.78, 5) is 0. The highest BCUT2D eigenvalue weighted by Crippen LogP contribution is 2.30. The molecule has 2 N–H and O–H groups in total. The zero-order valence-electron chi connectivity index (χ0n) is 7.96. The van der Waals surface area contributed by atoms with Crippen molar-refractivity contribution in [3.8, 4) is 0 Å². The molecule has 3 nitrogen and oxygen atoms in total. The molecule has 1 fully saturated rings. The number of nitrogens with one attached hydrogen (secondary N) is 2. The summed E-state index contributed by atoms with van der Waals surface area (Å²) in [5.41, 5.74) is 2.29. The predicted octanol–water partition coefficient (Wildman–Crippen LogP) is 2.38. The lowest BCUT2D eigenvalue weighted by atomic mass is 10.2. The van der Waals surface area contributed by atoms with Crippen LogP contribution in [0.3, 0.4) is 0 Å². The minimum atomic E-state index is 0.896. The van der Waals surface area contributed by atoms with Crippen molar-refractivity contribution in [3.63, 3.8) is 0 Å². The van der Waals surface area contributed by atoms with Crippen LogP contribution in [0.2, 0.25) is 0 Å². The van der Waals surface area contributed by atoms with Gasteiger partial charge in [0.15, 0.2) is 0 Å². The van der Waals surface area contributed by atoms with E-state index in [1.807, 2.05) is 6.20 Å². The number of anilines is 1. The molecular weight excluding hydrogens is 174 g/mol. The van der Waals surface area contributed by atoms with Crippen LogP contribution in [0.15, 0.2) is 24.4 Å². The van der Waals surface area contributed by atoms with Gasteiger partial charge in [-0.2, -0.15) is 5.10 Å². The molecule has 14 heavy (non-hydrogen) atoms. The van der Waals surface area contributed by atoms with E-state index in [4.69, 9.17) is 0 Å². The number of aromatic nitrogens is 2. The van der Waals surface area contributed by atoms with Gasteiger partial charge >= 0.3 is 0 Å². The fourth-order valence-corrected chi connectivity index (χ4v) is 1.69. The molecule has 3 rings (SSSR count). The number of rotatable bonds is 3. The Kier molecular flexibility index (Phi) is 1.69. The summed E-state index contributed by atoms with van der Waals surface area (Å²) in [5, 5.41) is 11.7. The normalized spacial score (nSPS) is 16.0. The van der Waals surface area contributed by atoms with Crippen LogP contribution in [0.25, 0.3) is 10.9 Å². The molecule has 1 heterocycles. The standard InChI is InChI=1S/C11H13N3/c1-2-9-7-13-14-11(9)10(3-1)12-6-8-4-5-8/h1-3,7-8,12H,4-6H2,(H,13,14). The van der Waals surface area contributed by atoms with E-state index in [-0.39, 0.29) is 0 Å². The molecule has 0 spiro atoms. The molecule has 1 saturated carbocycles. The number of hydrogen-bond donors (Lipinski definition) is 2. The van der Waals surface area contributed by atoms with E-state index >= 15 is 0 Å². The van der Waals surface area contributed by atoms with Gasteiger partial charge in [-0.05, 0) is 24.8 Å². The van der Waals surface area contributed by atoms with Crippen molar-refractivity contribution in [2.75, 3.05) is 11.9 Å². The van der Waals surface area contributed by atoms with E-state index in [0.29, 0.717) is 0 Å². The predicted molar refractivity (Wildman–Crippen MR) is 57.3 cm³/mol. The van der Waals surface area contributed by atoms with Crippen molar-refractivity contribution in [2.45, 2.75) is 12.8 Å². The second-order valence-electron chi connectivity index (χ2n) is 3.96. The molecule has 0 saturated heterocycles. The molecule has 3 heteroatoms. The van der Waals surface area contributed by atoms with Crippen LogP contribution >= 0.6 is 0 Å². The summed E-state index contributed by atoms with van der Waals surface area (Å²) in [5.74, 6) is 0.896. The van der Waals surface area contributed by atoms with Gasteiger partial charge in [0.25, 0.3) is 0 Å². The average Bonchev–Trinajstić information content (AvgIpc) is 2.91. The quantitative estimate of drug-likeness (QED) is 0.774. The number of aromatic amines is 1. The van der Waals surface area contributed by atoms with Gasteiger partial charge in [0.05, 0.1) is 17.4 Å². The lowest BCUT2D eigenvalue weighted by molar-refractivity contribution is 0.890. The minimum Gasteiger partial charge on any atom is -0.383 e. The van der Waals surface area contributed by atoms with Crippen molar-refractivity contribution in [3.05, 3.63) is 24.4 Å². The number of benzene rings is 1. The Balaban J connectivity index is 1.89. The van der Waals surface area contributed by atoms with Gasteiger partial charge in [-0.1, -0.05) is 12.1 Å². The lowest BCUT2D eigenvalue weighted by Crippen LogP contribution is -2.03.